The molecule has 0 aliphatic rings. The van der Waals surface area contributed by atoms with Gasteiger partial charge in [0.1, 0.15) is 6.61 Å². The normalized spacial score (nSPS) is 11.0. The van der Waals surface area contributed by atoms with Crippen LogP contribution in [0.15, 0.2) is 0 Å². The summed E-state index contributed by atoms with van der Waals surface area (Å²) in [4.78, 5) is 22.4. The summed E-state index contributed by atoms with van der Waals surface area (Å²) < 4.78 is 26.2. The lowest BCUT2D eigenvalue weighted by molar-refractivity contribution is -0.122. The van der Waals surface area contributed by atoms with Gasteiger partial charge in [0.15, 0.2) is 5.78 Å². The number of Topliss-reactive ketones (excluding diaryl/α,β-unsaturated/α-hetero) is 1. The molecule has 0 bridgehead atoms. The van der Waals surface area contributed by atoms with E-state index in [1.165, 1.54) is 26.2 Å². The van der Waals surface area contributed by atoms with Gasteiger partial charge in [-0.2, -0.15) is 0 Å². The molecule has 1 N–H and O–H groups in total. The number of carbonyl (C=O) groups excluding carboxylic acids is 2. The van der Waals surface area contributed by atoms with E-state index in [1.54, 1.807) is 7.11 Å². The Morgan fingerprint density at radius 2 is 1.21 bits per heavy atom. The van der Waals surface area contributed by atoms with E-state index in [9.17, 15) is 9.59 Å². The first-order valence-electron chi connectivity index (χ1n) is 10.7. The Bertz CT molecular complexity index is 386. The summed E-state index contributed by atoms with van der Waals surface area (Å²) in [6.07, 6.45) is 7.33. The van der Waals surface area contributed by atoms with E-state index in [1.807, 2.05) is 0 Å². The van der Waals surface area contributed by atoms with Crippen molar-refractivity contribution in [1.29, 1.82) is 0 Å². The maximum atomic E-state index is 11.7. The second-order valence-electron chi connectivity index (χ2n) is 6.81. The Hall–Kier alpha value is -1.06. The smallest absolute Gasteiger partial charge is 0.220 e. The Balaban J connectivity index is 0. The SMILES string of the molecule is COCCCCCCCCC(=O)NCCOCCOCCOCCOCC(C)=O.[HH]. The monoisotopic (exact) mass is 421 g/mol. The molecule has 0 radical (unpaired) electrons. The lowest BCUT2D eigenvalue weighted by Gasteiger charge is -2.08. The third kappa shape index (κ3) is 24.9. The third-order valence-electron chi connectivity index (χ3n) is 3.99. The van der Waals surface area contributed by atoms with Crippen molar-refractivity contribution in [3.8, 4) is 0 Å². The van der Waals surface area contributed by atoms with Crippen LogP contribution in [0.2, 0.25) is 0 Å². The Kier molecular flexibility index (Phi) is 22.4. The quantitative estimate of drug-likeness (QED) is 0.253. The minimum absolute atomic E-state index is 0. The van der Waals surface area contributed by atoms with Gasteiger partial charge in [0.25, 0.3) is 0 Å². The first kappa shape index (κ1) is 27.9. The summed E-state index contributed by atoms with van der Waals surface area (Å²) in [7, 11) is 1.73. The van der Waals surface area contributed by atoms with Crippen molar-refractivity contribution < 1.29 is 34.7 Å². The summed E-state index contributed by atoms with van der Waals surface area (Å²) >= 11 is 0. The zero-order valence-electron chi connectivity index (χ0n) is 18.4. The number of amides is 1. The molecule has 0 saturated heterocycles. The molecule has 0 spiro atoms. The summed E-state index contributed by atoms with van der Waals surface area (Å²) in [6, 6.07) is 0. The number of rotatable bonds is 23. The van der Waals surface area contributed by atoms with Gasteiger partial charge >= 0.3 is 0 Å². The molecule has 0 unspecified atom stereocenters. The van der Waals surface area contributed by atoms with Gasteiger partial charge in [-0.3, -0.25) is 9.59 Å². The maximum Gasteiger partial charge on any atom is 0.220 e. The van der Waals surface area contributed by atoms with Gasteiger partial charge in [-0.25, -0.2) is 0 Å². The molecule has 0 aromatic carbocycles. The molecule has 8 heteroatoms. The minimum atomic E-state index is 0. The van der Waals surface area contributed by atoms with Crippen LogP contribution in [0.4, 0.5) is 0 Å². The molecule has 0 aromatic rings. The fourth-order valence-electron chi connectivity index (χ4n) is 2.47. The van der Waals surface area contributed by atoms with Crippen LogP contribution < -0.4 is 5.32 Å². The largest absolute Gasteiger partial charge is 0.385 e. The van der Waals surface area contributed by atoms with Crippen molar-refractivity contribution >= 4 is 11.7 Å². The van der Waals surface area contributed by atoms with E-state index in [0.29, 0.717) is 59.2 Å². The van der Waals surface area contributed by atoms with Crippen molar-refractivity contribution in [3.63, 3.8) is 0 Å². The van der Waals surface area contributed by atoms with Crippen LogP contribution in [-0.2, 0) is 33.3 Å². The van der Waals surface area contributed by atoms with E-state index in [0.717, 1.165) is 25.9 Å². The predicted molar refractivity (Wildman–Crippen MR) is 113 cm³/mol. The number of ether oxygens (including phenoxy) is 5. The molecule has 0 saturated carbocycles. The molecule has 0 rings (SSSR count). The fraction of sp³-hybridized carbons (Fsp3) is 0.905. The standard InChI is InChI=1S/C21H41NO7.H2/c1-20(23)19-29-18-17-28-16-15-27-14-13-26-12-10-22-21(24)9-7-5-3-4-6-8-11-25-2;/h3-19H2,1-2H3,(H,22,24);1H. The molecule has 29 heavy (non-hydrogen) atoms. The van der Waals surface area contributed by atoms with Crippen molar-refractivity contribution in [3.05, 3.63) is 0 Å². The number of unbranched alkanes of at least 4 members (excludes halogenated alkanes) is 5. The maximum absolute atomic E-state index is 11.7. The van der Waals surface area contributed by atoms with Crippen molar-refractivity contribution in [2.24, 2.45) is 0 Å². The summed E-state index contributed by atoms with van der Waals surface area (Å²) in [5.74, 6) is 0.0987. The third-order valence-corrected chi connectivity index (χ3v) is 3.99. The van der Waals surface area contributed by atoms with Gasteiger partial charge in [-0.1, -0.05) is 25.7 Å². The van der Waals surface area contributed by atoms with Crippen LogP contribution in [0, 0.1) is 0 Å². The average molecular weight is 422 g/mol. The number of hydrogen-bond donors (Lipinski definition) is 1. The predicted octanol–water partition coefficient (Wildman–Crippen LogP) is 2.38. The van der Waals surface area contributed by atoms with E-state index in [4.69, 9.17) is 23.7 Å². The number of carbonyl (C=O) groups is 2. The molecule has 0 aliphatic carbocycles. The van der Waals surface area contributed by atoms with E-state index >= 15 is 0 Å². The van der Waals surface area contributed by atoms with Gasteiger partial charge in [-0.05, 0) is 19.8 Å². The number of ketones is 1. The van der Waals surface area contributed by atoms with Gasteiger partial charge in [-0.15, -0.1) is 0 Å². The van der Waals surface area contributed by atoms with Crippen LogP contribution in [0.5, 0.6) is 0 Å². The van der Waals surface area contributed by atoms with Gasteiger partial charge in [0, 0.05) is 28.1 Å². The molecule has 174 valence electrons. The highest BCUT2D eigenvalue weighted by Gasteiger charge is 2.00. The van der Waals surface area contributed by atoms with E-state index < -0.39 is 0 Å². The zero-order valence-corrected chi connectivity index (χ0v) is 18.4. The second kappa shape index (κ2) is 23.2. The number of nitrogens with one attached hydrogen (secondary N) is 1. The summed E-state index contributed by atoms with van der Waals surface area (Å²) in [5.41, 5.74) is 0. The average Bonchev–Trinajstić information content (AvgIpc) is 2.70. The van der Waals surface area contributed by atoms with Crippen molar-refractivity contribution in [2.75, 3.05) is 73.1 Å². The van der Waals surface area contributed by atoms with Crippen LogP contribution in [0.25, 0.3) is 0 Å². The summed E-state index contributed by atoms with van der Waals surface area (Å²) in [5, 5.41) is 2.87. The molecule has 0 aromatic heterocycles. The molecule has 0 aliphatic heterocycles. The van der Waals surface area contributed by atoms with Crippen LogP contribution in [0.1, 0.15) is 53.3 Å². The van der Waals surface area contributed by atoms with E-state index in [-0.39, 0.29) is 19.7 Å². The zero-order chi connectivity index (χ0) is 21.4. The van der Waals surface area contributed by atoms with Crippen LogP contribution in [0.3, 0.4) is 0 Å². The molecular weight excluding hydrogens is 378 g/mol. The van der Waals surface area contributed by atoms with Gasteiger partial charge in [0.2, 0.25) is 5.91 Å². The van der Waals surface area contributed by atoms with E-state index in [2.05, 4.69) is 5.32 Å². The molecule has 0 heterocycles. The minimum Gasteiger partial charge on any atom is -0.385 e. The van der Waals surface area contributed by atoms with Crippen molar-refractivity contribution in [1.82, 2.24) is 5.32 Å². The Morgan fingerprint density at radius 3 is 1.79 bits per heavy atom. The van der Waals surface area contributed by atoms with Crippen molar-refractivity contribution in [2.45, 2.75) is 51.9 Å². The van der Waals surface area contributed by atoms with Gasteiger partial charge in [0.05, 0.1) is 46.2 Å². The number of methoxy groups -OCH3 is 1. The topological polar surface area (TPSA) is 92.3 Å². The van der Waals surface area contributed by atoms with Crippen LogP contribution >= 0.6 is 0 Å². The molecule has 0 fully saturated rings. The lowest BCUT2D eigenvalue weighted by Crippen LogP contribution is -2.27. The highest BCUT2D eigenvalue weighted by Crippen LogP contribution is 2.07. The Labute approximate surface area is 177 Å². The highest BCUT2D eigenvalue weighted by atomic mass is 16.6. The Morgan fingerprint density at radius 1 is 0.690 bits per heavy atom. The molecule has 1 amide bonds. The first-order valence-corrected chi connectivity index (χ1v) is 10.7. The highest BCUT2D eigenvalue weighted by molar-refractivity contribution is 5.76. The lowest BCUT2D eigenvalue weighted by atomic mass is 10.1. The fourth-order valence-corrected chi connectivity index (χ4v) is 2.47. The second-order valence-corrected chi connectivity index (χ2v) is 6.81. The number of hydrogen-bond acceptors (Lipinski definition) is 7. The van der Waals surface area contributed by atoms with Crippen LogP contribution in [-0.4, -0.2) is 84.8 Å². The molecule has 8 nitrogen and oxygen atoms in total. The van der Waals surface area contributed by atoms with Gasteiger partial charge < -0.3 is 29.0 Å². The molecular formula is C21H43NO7. The first-order chi connectivity index (χ1) is 14.2. The summed E-state index contributed by atoms with van der Waals surface area (Å²) in [6.45, 7) is 6.26. The molecule has 0 atom stereocenters.